The number of carbonyl (C=O) groups excluding carboxylic acids is 2. The van der Waals surface area contributed by atoms with Gasteiger partial charge >= 0.3 is 0 Å². The molecule has 0 aromatic carbocycles. The third kappa shape index (κ3) is 3.16. The lowest BCUT2D eigenvalue weighted by Gasteiger charge is -2.37. The van der Waals surface area contributed by atoms with Gasteiger partial charge < -0.3 is 19.7 Å². The normalized spacial score (nSPS) is 17.0. The Morgan fingerprint density at radius 2 is 2.04 bits per heavy atom. The third-order valence-electron chi connectivity index (χ3n) is 5.14. The Morgan fingerprint density at radius 1 is 1.21 bits per heavy atom. The van der Waals surface area contributed by atoms with Crippen LogP contribution in [0.4, 0.5) is 5.82 Å². The zero-order chi connectivity index (χ0) is 19.3. The average Bonchev–Trinajstić information content (AvgIpc) is 3.25. The van der Waals surface area contributed by atoms with Gasteiger partial charge in [0, 0.05) is 48.7 Å². The van der Waals surface area contributed by atoms with Crippen LogP contribution in [-0.4, -0.2) is 55.9 Å². The Morgan fingerprint density at radius 3 is 2.79 bits per heavy atom. The van der Waals surface area contributed by atoms with Gasteiger partial charge in [-0.15, -0.1) is 11.3 Å². The van der Waals surface area contributed by atoms with Crippen LogP contribution >= 0.6 is 11.3 Å². The molecule has 144 valence electrons. The highest BCUT2D eigenvalue weighted by molar-refractivity contribution is 7.12. The number of nitrogens with zero attached hydrogens (tertiary/aromatic N) is 4. The van der Waals surface area contributed by atoms with Gasteiger partial charge in [-0.3, -0.25) is 9.59 Å². The molecule has 8 nitrogen and oxygen atoms in total. The molecule has 2 amide bonds. The number of likely N-dealkylation sites (tertiary alicyclic amines) is 1. The minimum absolute atomic E-state index is 0.0284. The van der Waals surface area contributed by atoms with Crippen molar-refractivity contribution >= 4 is 34.6 Å². The van der Waals surface area contributed by atoms with Crippen LogP contribution in [0.1, 0.15) is 22.6 Å². The van der Waals surface area contributed by atoms with Crippen molar-refractivity contribution in [1.82, 2.24) is 19.3 Å². The Hall–Kier alpha value is -2.78. The first-order valence-corrected chi connectivity index (χ1v) is 10.1. The molecule has 0 atom stereocenters. The van der Waals surface area contributed by atoms with Crippen molar-refractivity contribution in [3.8, 4) is 11.3 Å². The van der Waals surface area contributed by atoms with E-state index in [9.17, 15) is 9.59 Å². The Balaban J connectivity index is 1.34. The number of aromatic nitrogens is 3. The molecule has 9 heteroatoms. The maximum atomic E-state index is 12.4. The van der Waals surface area contributed by atoms with Gasteiger partial charge in [0.25, 0.3) is 5.91 Å². The molecule has 4 heterocycles. The Labute approximate surface area is 164 Å². The quantitative estimate of drug-likeness (QED) is 0.685. The largest absolute Gasteiger partial charge is 0.396 e. The standard InChI is InChI=1S/C19H19N5O3S/c25-9-11-5-24(6-11)19(27)18-20-14(10-28-18)13-3-4-16-21-15(8-23(16)7-13)22-17(26)12-1-2-12/h3-4,7-8,10-12,25H,1-2,5-6,9H2,(H,22,26). The van der Waals surface area contributed by atoms with Crippen molar-refractivity contribution in [3.05, 3.63) is 34.9 Å². The van der Waals surface area contributed by atoms with E-state index >= 15 is 0 Å². The Bertz CT molecular complexity index is 1060. The summed E-state index contributed by atoms with van der Waals surface area (Å²) in [5.41, 5.74) is 2.33. The topological polar surface area (TPSA) is 99.8 Å². The van der Waals surface area contributed by atoms with Crippen LogP contribution in [-0.2, 0) is 4.79 Å². The van der Waals surface area contributed by atoms with Gasteiger partial charge in [-0.2, -0.15) is 0 Å². The molecular weight excluding hydrogens is 378 g/mol. The number of amides is 2. The molecule has 2 fully saturated rings. The minimum Gasteiger partial charge on any atom is -0.396 e. The number of aliphatic hydroxyl groups is 1. The van der Waals surface area contributed by atoms with E-state index in [2.05, 4.69) is 15.3 Å². The van der Waals surface area contributed by atoms with Crippen LogP contribution in [0.15, 0.2) is 29.9 Å². The fourth-order valence-corrected chi connectivity index (χ4v) is 4.06. The molecule has 3 aromatic rings. The monoisotopic (exact) mass is 397 g/mol. The summed E-state index contributed by atoms with van der Waals surface area (Å²) in [4.78, 5) is 35.0. The predicted octanol–water partition coefficient (Wildman–Crippen LogP) is 1.87. The Kier molecular flexibility index (Phi) is 4.13. The van der Waals surface area contributed by atoms with Gasteiger partial charge in [-0.25, -0.2) is 9.97 Å². The first kappa shape index (κ1) is 17.3. The highest BCUT2D eigenvalue weighted by atomic mass is 32.1. The highest BCUT2D eigenvalue weighted by Crippen LogP contribution is 2.30. The lowest BCUT2D eigenvalue weighted by molar-refractivity contribution is -0.117. The molecule has 1 saturated heterocycles. The van der Waals surface area contributed by atoms with Crippen LogP contribution in [0.25, 0.3) is 16.9 Å². The number of aliphatic hydroxyl groups excluding tert-OH is 1. The van der Waals surface area contributed by atoms with Crippen LogP contribution in [0, 0.1) is 11.8 Å². The third-order valence-corrected chi connectivity index (χ3v) is 5.97. The van der Waals surface area contributed by atoms with Crippen LogP contribution in [0.3, 0.4) is 0 Å². The SMILES string of the molecule is O=C(Nc1cn2cc(-c3csc(C(=O)N4CC(CO)C4)n3)ccc2n1)C1CC1. The number of hydrogen-bond donors (Lipinski definition) is 2. The second kappa shape index (κ2) is 6.68. The molecule has 0 spiro atoms. The first-order chi connectivity index (χ1) is 13.6. The van der Waals surface area contributed by atoms with Gasteiger partial charge in [0.1, 0.15) is 5.65 Å². The van der Waals surface area contributed by atoms with Gasteiger partial charge in [0.2, 0.25) is 5.91 Å². The fourth-order valence-electron chi connectivity index (χ4n) is 3.27. The molecule has 1 aliphatic carbocycles. The molecule has 1 aliphatic heterocycles. The number of nitrogens with one attached hydrogen (secondary N) is 1. The second-order valence-electron chi connectivity index (χ2n) is 7.37. The number of imidazole rings is 1. The van der Waals surface area contributed by atoms with E-state index < -0.39 is 0 Å². The summed E-state index contributed by atoms with van der Waals surface area (Å²) in [6.45, 7) is 1.28. The summed E-state index contributed by atoms with van der Waals surface area (Å²) in [7, 11) is 0. The van der Waals surface area contributed by atoms with Crippen molar-refractivity contribution in [3.63, 3.8) is 0 Å². The maximum Gasteiger partial charge on any atom is 0.282 e. The van der Waals surface area contributed by atoms with E-state index in [0.29, 0.717) is 23.9 Å². The van der Waals surface area contributed by atoms with Gasteiger partial charge in [0.15, 0.2) is 10.8 Å². The highest BCUT2D eigenvalue weighted by Gasteiger charge is 2.32. The summed E-state index contributed by atoms with van der Waals surface area (Å²) in [5.74, 6) is 0.793. The van der Waals surface area contributed by atoms with Crippen molar-refractivity contribution in [2.45, 2.75) is 12.8 Å². The average molecular weight is 397 g/mol. The molecule has 2 N–H and O–H groups in total. The molecule has 2 aliphatic rings. The summed E-state index contributed by atoms with van der Waals surface area (Å²) in [5, 5.41) is 14.3. The van der Waals surface area contributed by atoms with E-state index in [1.807, 2.05) is 28.1 Å². The lowest BCUT2D eigenvalue weighted by Crippen LogP contribution is -2.51. The number of rotatable bonds is 5. The summed E-state index contributed by atoms with van der Waals surface area (Å²) < 4.78 is 1.85. The van der Waals surface area contributed by atoms with Crippen molar-refractivity contribution < 1.29 is 14.7 Å². The predicted molar refractivity (Wildman–Crippen MR) is 104 cm³/mol. The number of carbonyl (C=O) groups is 2. The lowest BCUT2D eigenvalue weighted by atomic mass is 10.0. The molecule has 28 heavy (non-hydrogen) atoms. The molecule has 1 saturated carbocycles. The van der Waals surface area contributed by atoms with Crippen LogP contribution in [0.5, 0.6) is 0 Å². The second-order valence-corrected chi connectivity index (χ2v) is 8.23. The summed E-state index contributed by atoms with van der Waals surface area (Å²) in [6.07, 6.45) is 5.58. The number of pyridine rings is 1. The van der Waals surface area contributed by atoms with Gasteiger partial charge in [-0.05, 0) is 25.0 Å². The molecular formula is C19H19N5O3S. The van der Waals surface area contributed by atoms with Crippen molar-refractivity contribution in [2.24, 2.45) is 11.8 Å². The maximum absolute atomic E-state index is 12.4. The number of fused-ring (bicyclic) bond motifs is 1. The smallest absolute Gasteiger partial charge is 0.282 e. The zero-order valence-corrected chi connectivity index (χ0v) is 15.9. The molecule has 3 aromatic heterocycles. The molecule has 0 bridgehead atoms. The van der Waals surface area contributed by atoms with Crippen molar-refractivity contribution in [1.29, 1.82) is 0 Å². The van der Waals surface area contributed by atoms with Crippen LogP contribution < -0.4 is 5.32 Å². The first-order valence-electron chi connectivity index (χ1n) is 9.26. The molecule has 0 radical (unpaired) electrons. The summed E-state index contributed by atoms with van der Waals surface area (Å²) >= 11 is 1.32. The van der Waals surface area contributed by atoms with E-state index in [4.69, 9.17) is 5.11 Å². The van der Waals surface area contributed by atoms with E-state index in [0.717, 1.165) is 29.7 Å². The fraction of sp³-hybridized carbons (Fsp3) is 0.368. The zero-order valence-electron chi connectivity index (χ0n) is 15.0. The van der Waals surface area contributed by atoms with E-state index in [1.54, 1.807) is 11.1 Å². The minimum atomic E-state index is -0.0882. The van der Waals surface area contributed by atoms with Crippen LogP contribution in [0.2, 0.25) is 0 Å². The number of anilines is 1. The molecule has 5 rings (SSSR count). The summed E-state index contributed by atoms with van der Waals surface area (Å²) in [6, 6.07) is 3.77. The van der Waals surface area contributed by atoms with E-state index in [-0.39, 0.29) is 30.3 Å². The number of hydrogen-bond acceptors (Lipinski definition) is 6. The number of thiazole rings is 1. The van der Waals surface area contributed by atoms with E-state index in [1.165, 1.54) is 11.3 Å². The van der Waals surface area contributed by atoms with Crippen molar-refractivity contribution in [2.75, 3.05) is 25.0 Å². The van der Waals surface area contributed by atoms with Gasteiger partial charge in [-0.1, -0.05) is 0 Å². The van der Waals surface area contributed by atoms with Gasteiger partial charge in [0.05, 0.1) is 11.9 Å². The molecule has 0 unspecified atom stereocenters.